The normalized spacial score (nSPS) is 15.9. The van der Waals surface area contributed by atoms with Crippen LogP contribution in [0.3, 0.4) is 0 Å². The van der Waals surface area contributed by atoms with Crippen LogP contribution in [0.4, 0.5) is 0 Å². The van der Waals surface area contributed by atoms with E-state index >= 15 is 0 Å². The molecule has 0 unspecified atom stereocenters. The summed E-state index contributed by atoms with van der Waals surface area (Å²) in [5.41, 5.74) is 1.36. The molecule has 0 atom stereocenters. The van der Waals surface area contributed by atoms with E-state index in [9.17, 15) is 9.59 Å². The van der Waals surface area contributed by atoms with Crippen molar-refractivity contribution in [3.8, 4) is 0 Å². The molecule has 0 aliphatic heterocycles. The van der Waals surface area contributed by atoms with Crippen LogP contribution in [0.1, 0.15) is 43.2 Å². The first kappa shape index (κ1) is 20.8. The van der Waals surface area contributed by atoms with Gasteiger partial charge in [0.15, 0.2) is 0 Å². The Bertz CT molecular complexity index is 822. The molecule has 1 saturated carbocycles. The Morgan fingerprint density at radius 1 is 1.17 bits per heavy atom. The molecule has 154 valence electrons. The van der Waals surface area contributed by atoms with Crippen LogP contribution >= 0.6 is 0 Å². The van der Waals surface area contributed by atoms with E-state index in [2.05, 4.69) is 10.3 Å². The Balaban J connectivity index is 1.43. The number of nitrogens with zero attached hydrogens (tertiary/aromatic N) is 2. The number of hydrogen-bond donors (Lipinski definition) is 1. The maximum absolute atomic E-state index is 12.4. The van der Waals surface area contributed by atoms with Gasteiger partial charge < -0.3 is 19.4 Å². The number of carbonyl (C=O) groups excluding carboxylic acids is 2. The molecule has 1 aromatic carbocycles. The second-order valence-electron chi connectivity index (χ2n) is 7.22. The number of ether oxygens (including phenoxy) is 2. The van der Waals surface area contributed by atoms with Crippen molar-refractivity contribution in [3.63, 3.8) is 0 Å². The van der Waals surface area contributed by atoms with Crippen molar-refractivity contribution in [1.29, 1.82) is 0 Å². The number of rotatable bonds is 8. The molecule has 2 aromatic rings. The molecule has 7 heteroatoms. The van der Waals surface area contributed by atoms with E-state index < -0.39 is 11.5 Å². The molecule has 0 amide bonds. The van der Waals surface area contributed by atoms with Crippen molar-refractivity contribution >= 4 is 18.0 Å². The summed E-state index contributed by atoms with van der Waals surface area (Å²) in [6, 6.07) is 7.84. The van der Waals surface area contributed by atoms with Crippen molar-refractivity contribution in [3.05, 3.63) is 60.2 Å². The number of carbonyl (C=O) groups is 2. The van der Waals surface area contributed by atoms with Gasteiger partial charge in [0.25, 0.3) is 0 Å². The van der Waals surface area contributed by atoms with E-state index in [1.165, 1.54) is 6.08 Å². The third-order valence-corrected chi connectivity index (χ3v) is 5.28. The predicted octanol–water partition coefficient (Wildman–Crippen LogP) is 2.91. The van der Waals surface area contributed by atoms with E-state index in [-0.39, 0.29) is 12.8 Å². The molecule has 0 saturated heterocycles. The number of imidazole rings is 1. The molecule has 0 radical (unpaired) electrons. The van der Waals surface area contributed by atoms with Crippen molar-refractivity contribution in [1.82, 2.24) is 14.9 Å². The summed E-state index contributed by atoms with van der Waals surface area (Å²) in [5, 5.41) is 3.09. The molecular formula is C22H27N3O4. The SMILES string of the molecule is CNC1(C(=O)OCOC(=O)/C=C/c2ccc(Cn3ccnc3)cc2)CCCCC1. The van der Waals surface area contributed by atoms with Crippen molar-refractivity contribution in [2.24, 2.45) is 0 Å². The third kappa shape index (κ3) is 5.77. The topological polar surface area (TPSA) is 82.5 Å². The minimum absolute atomic E-state index is 0.357. The fraction of sp³-hybridized carbons (Fsp3) is 0.409. The molecule has 1 aliphatic rings. The quantitative estimate of drug-likeness (QED) is 0.419. The molecule has 7 nitrogen and oxygen atoms in total. The molecule has 29 heavy (non-hydrogen) atoms. The van der Waals surface area contributed by atoms with Crippen molar-refractivity contribution in [2.75, 3.05) is 13.8 Å². The molecule has 1 aliphatic carbocycles. The lowest BCUT2D eigenvalue weighted by Crippen LogP contribution is -2.52. The summed E-state index contributed by atoms with van der Waals surface area (Å²) >= 11 is 0. The number of hydrogen-bond acceptors (Lipinski definition) is 6. The summed E-state index contributed by atoms with van der Waals surface area (Å²) in [7, 11) is 1.77. The average molecular weight is 397 g/mol. The van der Waals surface area contributed by atoms with Crippen LogP contribution in [0, 0.1) is 0 Å². The summed E-state index contributed by atoms with van der Waals surface area (Å²) in [4.78, 5) is 28.3. The van der Waals surface area contributed by atoms with Gasteiger partial charge in [-0.3, -0.25) is 0 Å². The van der Waals surface area contributed by atoms with E-state index in [1.807, 2.05) is 35.0 Å². The third-order valence-electron chi connectivity index (χ3n) is 5.28. The lowest BCUT2D eigenvalue weighted by Gasteiger charge is -2.34. The zero-order valence-corrected chi connectivity index (χ0v) is 16.7. The molecule has 3 rings (SSSR count). The second kappa shape index (κ2) is 10.0. The summed E-state index contributed by atoms with van der Waals surface area (Å²) in [5.74, 6) is -0.910. The van der Waals surface area contributed by atoms with Crippen LogP contribution in [-0.4, -0.2) is 40.9 Å². The zero-order valence-electron chi connectivity index (χ0n) is 16.7. The first-order chi connectivity index (χ1) is 14.1. The molecule has 1 fully saturated rings. The average Bonchev–Trinajstić information content (AvgIpc) is 3.26. The Morgan fingerprint density at radius 2 is 1.93 bits per heavy atom. The van der Waals surface area contributed by atoms with Gasteiger partial charge in [-0.15, -0.1) is 0 Å². The molecule has 0 spiro atoms. The van der Waals surface area contributed by atoms with Crippen LogP contribution < -0.4 is 5.32 Å². The smallest absolute Gasteiger partial charge is 0.333 e. The monoisotopic (exact) mass is 397 g/mol. The van der Waals surface area contributed by atoms with Gasteiger partial charge in [0.05, 0.1) is 6.33 Å². The van der Waals surface area contributed by atoms with Crippen molar-refractivity contribution in [2.45, 2.75) is 44.2 Å². The van der Waals surface area contributed by atoms with E-state index in [0.717, 1.165) is 49.8 Å². The highest BCUT2D eigenvalue weighted by atomic mass is 16.7. The van der Waals surface area contributed by atoms with Crippen LogP contribution in [0.15, 0.2) is 49.1 Å². The number of likely N-dealkylation sites (N-methyl/N-ethyl adjacent to an activating group) is 1. The minimum atomic E-state index is -0.654. The molecule has 1 heterocycles. The first-order valence-electron chi connectivity index (χ1n) is 9.87. The summed E-state index contributed by atoms with van der Waals surface area (Å²) in [6.07, 6.45) is 13.0. The first-order valence-corrected chi connectivity index (χ1v) is 9.87. The number of nitrogens with one attached hydrogen (secondary N) is 1. The number of esters is 2. The van der Waals surface area contributed by atoms with Gasteiger partial charge in [-0.2, -0.15) is 0 Å². The van der Waals surface area contributed by atoms with E-state index in [0.29, 0.717) is 0 Å². The molecule has 0 bridgehead atoms. The fourth-order valence-electron chi connectivity index (χ4n) is 3.53. The lowest BCUT2D eigenvalue weighted by atomic mass is 9.82. The fourth-order valence-corrected chi connectivity index (χ4v) is 3.53. The predicted molar refractivity (Wildman–Crippen MR) is 109 cm³/mol. The van der Waals surface area contributed by atoms with Gasteiger partial charge >= 0.3 is 11.9 Å². The lowest BCUT2D eigenvalue weighted by molar-refractivity contribution is -0.170. The van der Waals surface area contributed by atoms with Gasteiger partial charge in [-0.25, -0.2) is 14.6 Å². The molecular weight excluding hydrogens is 370 g/mol. The van der Waals surface area contributed by atoms with E-state index in [1.54, 1.807) is 25.6 Å². The highest BCUT2D eigenvalue weighted by Crippen LogP contribution is 2.29. The van der Waals surface area contributed by atoms with Crippen molar-refractivity contribution < 1.29 is 19.1 Å². The van der Waals surface area contributed by atoms with Gasteiger partial charge in [0, 0.05) is 25.0 Å². The summed E-state index contributed by atoms with van der Waals surface area (Å²) in [6.45, 7) is 0.362. The van der Waals surface area contributed by atoms with Crippen LogP contribution in [0.5, 0.6) is 0 Å². The van der Waals surface area contributed by atoms with E-state index in [4.69, 9.17) is 9.47 Å². The van der Waals surface area contributed by atoms with Gasteiger partial charge in [0.2, 0.25) is 6.79 Å². The highest BCUT2D eigenvalue weighted by Gasteiger charge is 2.39. The van der Waals surface area contributed by atoms with Gasteiger partial charge in [0.1, 0.15) is 5.54 Å². The second-order valence-corrected chi connectivity index (χ2v) is 7.22. The van der Waals surface area contributed by atoms with Crippen LogP contribution in [-0.2, 0) is 25.6 Å². The van der Waals surface area contributed by atoms with Crippen LogP contribution in [0.25, 0.3) is 6.08 Å². The summed E-state index contributed by atoms with van der Waals surface area (Å²) < 4.78 is 12.2. The van der Waals surface area contributed by atoms with Gasteiger partial charge in [-0.1, -0.05) is 43.5 Å². The molecule has 1 aromatic heterocycles. The number of aromatic nitrogens is 2. The van der Waals surface area contributed by atoms with Crippen LogP contribution in [0.2, 0.25) is 0 Å². The maximum Gasteiger partial charge on any atom is 0.333 e. The standard InChI is InChI=1S/C22H27N3O4/c1-23-22(11-3-2-4-12-22)21(27)29-17-28-20(26)10-9-18-5-7-19(8-6-18)15-25-14-13-24-16-25/h5-10,13-14,16,23H,2-4,11-12,15,17H2,1H3/b10-9+. The van der Waals surface area contributed by atoms with Gasteiger partial charge in [-0.05, 0) is 37.1 Å². The minimum Gasteiger partial charge on any atom is -0.426 e. The Morgan fingerprint density at radius 3 is 2.59 bits per heavy atom. The maximum atomic E-state index is 12.4. The Hall–Kier alpha value is -2.93. The Kier molecular flexibility index (Phi) is 7.19. The number of benzene rings is 1. The Labute approximate surface area is 170 Å². The molecule has 1 N–H and O–H groups in total. The highest BCUT2D eigenvalue weighted by molar-refractivity contribution is 5.87. The largest absolute Gasteiger partial charge is 0.426 e. The zero-order chi connectivity index (χ0) is 20.5.